The molecule has 3 aliphatic rings. The largest absolute Gasteiger partial charge is 0.379 e. The number of hydrogen-bond donors (Lipinski definition) is 0. The smallest absolute Gasteiger partial charge is 0.225 e. The molecule has 1 amide bonds. The molecule has 3 saturated heterocycles. The molecule has 5 nitrogen and oxygen atoms in total. The standard InChI is InChI=1S/C18H33N3O2/c1-15(2)17(22)21-6-4-18(5-7-21)12-16(19(3)14-18)13-20-8-10-23-11-9-20/h15-16H,4-14H2,1-3H3. The number of likely N-dealkylation sites (tertiary alicyclic amines) is 2. The monoisotopic (exact) mass is 323 g/mol. The van der Waals surface area contributed by atoms with E-state index in [1.165, 1.54) is 32.4 Å². The Bertz CT molecular complexity index is 412. The molecule has 1 atom stereocenters. The maximum absolute atomic E-state index is 12.2. The van der Waals surface area contributed by atoms with Gasteiger partial charge in [0.2, 0.25) is 5.91 Å². The van der Waals surface area contributed by atoms with E-state index in [2.05, 4.69) is 21.7 Å². The molecule has 0 aliphatic carbocycles. The zero-order valence-corrected chi connectivity index (χ0v) is 15.1. The first-order chi connectivity index (χ1) is 11.0. The van der Waals surface area contributed by atoms with Gasteiger partial charge in [0.05, 0.1) is 13.2 Å². The molecule has 0 radical (unpaired) electrons. The van der Waals surface area contributed by atoms with E-state index in [-0.39, 0.29) is 5.92 Å². The zero-order chi connectivity index (χ0) is 16.4. The number of carbonyl (C=O) groups excluding carboxylic acids is 1. The van der Waals surface area contributed by atoms with Crippen LogP contribution in [0.5, 0.6) is 0 Å². The minimum atomic E-state index is 0.129. The fourth-order valence-electron chi connectivity index (χ4n) is 4.59. The molecule has 3 heterocycles. The van der Waals surface area contributed by atoms with Crippen molar-refractivity contribution in [1.29, 1.82) is 0 Å². The van der Waals surface area contributed by atoms with Crippen LogP contribution in [0.3, 0.4) is 0 Å². The van der Waals surface area contributed by atoms with Gasteiger partial charge >= 0.3 is 0 Å². The van der Waals surface area contributed by atoms with Crippen molar-refractivity contribution in [2.24, 2.45) is 11.3 Å². The van der Waals surface area contributed by atoms with Crippen LogP contribution in [0, 0.1) is 11.3 Å². The highest BCUT2D eigenvalue weighted by molar-refractivity contribution is 5.78. The molecule has 0 bridgehead atoms. The Kier molecular flexibility index (Phi) is 5.29. The SMILES string of the molecule is CC(C)C(=O)N1CCC2(CC1)CC(CN1CCOCC1)N(C)C2. The number of piperidine rings is 1. The van der Waals surface area contributed by atoms with Gasteiger partial charge in [0.25, 0.3) is 0 Å². The van der Waals surface area contributed by atoms with Gasteiger partial charge in [-0.25, -0.2) is 0 Å². The summed E-state index contributed by atoms with van der Waals surface area (Å²) < 4.78 is 5.46. The van der Waals surface area contributed by atoms with Crippen LogP contribution in [0.25, 0.3) is 0 Å². The molecular weight excluding hydrogens is 290 g/mol. The lowest BCUT2D eigenvalue weighted by atomic mass is 9.76. The second kappa shape index (κ2) is 7.08. The Labute approximate surface area is 140 Å². The number of ether oxygens (including phenoxy) is 1. The number of amides is 1. The summed E-state index contributed by atoms with van der Waals surface area (Å²) in [4.78, 5) is 19.4. The summed E-state index contributed by atoms with van der Waals surface area (Å²) in [5, 5.41) is 0. The van der Waals surface area contributed by atoms with Crippen LogP contribution in [0.2, 0.25) is 0 Å². The molecule has 23 heavy (non-hydrogen) atoms. The Morgan fingerprint density at radius 3 is 2.43 bits per heavy atom. The first-order valence-electron chi connectivity index (χ1n) is 9.28. The van der Waals surface area contributed by atoms with Gasteiger partial charge in [0.1, 0.15) is 0 Å². The summed E-state index contributed by atoms with van der Waals surface area (Å²) in [5.41, 5.74) is 0.444. The van der Waals surface area contributed by atoms with E-state index >= 15 is 0 Å². The third-order valence-corrected chi connectivity index (χ3v) is 6.08. The lowest BCUT2D eigenvalue weighted by Gasteiger charge is -2.40. The Balaban J connectivity index is 1.53. The van der Waals surface area contributed by atoms with Gasteiger partial charge in [-0.2, -0.15) is 0 Å². The van der Waals surface area contributed by atoms with Crippen molar-refractivity contribution < 1.29 is 9.53 Å². The molecule has 0 aromatic carbocycles. The van der Waals surface area contributed by atoms with Crippen molar-refractivity contribution in [3.8, 4) is 0 Å². The maximum Gasteiger partial charge on any atom is 0.225 e. The predicted octanol–water partition coefficient (Wildman–Crippen LogP) is 1.29. The Morgan fingerprint density at radius 2 is 1.83 bits per heavy atom. The van der Waals surface area contributed by atoms with Crippen LogP contribution < -0.4 is 0 Å². The van der Waals surface area contributed by atoms with Gasteiger partial charge in [-0.3, -0.25) is 9.69 Å². The highest BCUT2D eigenvalue weighted by Gasteiger charge is 2.45. The molecule has 5 heteroatoms. The quantitative estimate of drug-likeness (QED) is 0.784. The van der Waals surface area contributed by atoms with Gasteiger partial charge in [-0.1, -0.05) is 13.8 Å². The maximum atomic E-state index is 12.2. The van der Waals surface area contributed by atoms with Gasteiger partial charge in [-0.15, -0.1) is 0 Å². The summed E-state index contributed by atoms with van der Waals surface area (Å²) in [7, 11) is 2.28. The summed E-state index contributed by atoms with van der Waals surface area (Å²) in [6.07, 6.45) is 3.65. The second-order valence-corrected chi connectivity index (χ2v) is 8.17. The van der Waals surface area contributed by atoms with Gasteiger partial charge in [-0.05, 0) is 31.7 Å². The third-order valence-electron chi connectivity index (χ3n) is 6.08. The van der Waals surface area contributed by atoms with E-state index in [1.54, 1.807) is 0 Å². The minimum Gasteiger partial charge on any atom is -0.379 e. The Morgan fingerprint density at radius 1 is 1.17 bits per heavy atom. The van der Waals surface area contributed by atoms with Crippen molar-refractivity contribution in [2.45, 2.75) is 39.2 Å². The number of nitrogens with zero attached hydrogens (tertiary/aromatic N) is 3. The van der Waals surface area contributed by atoms with Gasteiger partial charge in [0.15, 0.2) is 0 Å². The highest BCUT2D eigenvalue weighted by atomic mass is 16.5. The Hall–Kier alpha value is -0.650. The van der Waals surface area contributed by atoms with Crippen LogP contribution in [0.4, 0.5) is 0 Å². The lowest BCUT2D eigenvalue weighted by Crippen LogP contribution is -2.45. The molecule has 3 rings (SSSR count). The fourth-order valence-corrected chi connectivity index (χ4v) is 4.59. The minimum absolute atomic E-state index is 0.129. The molecule has 0 aromatic heterocycles. The highest BCUT2D eigenvalue weighted by Crippen LogP contribution is 2.43. The fraction of sp³-hybridized carbons (Fsp3) is 0.944. The molecule has 132 valence electrons. The van der Waals surface area contributed by atoms with Crippen molar-refractivity contribution >= 4 is 5.91 Å². The predicted molar refractivity (Wildman–Crippen MR) is 91.4 cm³/mol. The first kappa shape index (κ1) is 17.2. The molecular formula is C18H33N3O2. The molecule has 0 N–H and O–H groups in total. The third kappa shape index (κ3) is 3.89. The second-order valence-electron chi connectivity index (χ2n) is 8.17. The summed E-state index contributed by atoms with van der Waals surface area (Å²) >= 11 is 0. The first-order valence-corrected chi connectivity index (χ1v) is 9.28. The molecule has 0 saturated carbocycles. The molecule has 0 aromatic rings. The summed E-state index contributed by atoms with van der Waals surface area (Å²) in [6, 6.07) is 0.667. The average Bonchev–Trinajstić information content (AvgIpc) is 2.84. The van der Waals surface area contributed by atoms with Gasteiger partial charge in [0, 0.05) is 51.2 Å². The van der Waals surface area contributed by atoms with Crippen LogP contribution in [-0.2, 0) is 9.53 Å². The van der Waals surface area contributed by atoms with Crippen LogP contribution in [0.1, 0.15) is 33.1 Å². The van der Waals surface area contributed by atoms with E-state index in [0.717, 1.165) is 39.4 Å². The number of carbonyl (C=O) groups is 1. The van der Waals surface area contributed by atoms with Gasteiger partial charge < -0.3 is 14.5 Å². The van der Waals surface area contributed by atoms with Crippen LogP contribution in [0.15, 0.2) is 0 Å². The number of hydrogen-bond acceptors (Lipinski definition) is 4. The van der Waals surface area contributed by atoms with Crippen molar-refractivity contribution in [2.75, 3.05) is 59.5 Å². The van der Waals surface area contributed by atoms with E-state index in [1.807, 2.05) is 13.8 Å². The number of likely N-dealkylation sites (N-methyl/N-ethyl adjacent to an activating group) is 1. The normalized spacial score (nSPS) is 29.6. The molecule has 3 aliphatic heterocycles. The van der Waals surface area contributed by atoms with Crippen LogP contribution in [-0.4, -0.2) is 86.2 Å². The van der Waals surface area contributed by atoms with E-state index in [0.29, 0.717) is 17.4 Å². The van der Waals surface area contributed by atoms with E-state index in [9.17, 15) is 4.79 Å². The van der Waals surface area contributed by atoms with Crippen molar-refractivity contribution in [3.63, 3.8) is 0 Å². The van der Waals surface area contributed by atoms with Crippen molar-refractivity contribution in [3.05, 3.63) is 0 Å². The average molecular weight is 323 g/mol. The number of rotatable bonds is 3. The zero-order valence-electron chi connectivity index (χ0n) is 15.1. The summed E-state index contributed by atoms with van der Waals surface area (Å²) in [6.45, 7) is 12.2. The van der Waals surface area contributed by atoms with Crippen LogP contribution >= 0.6 is 0 Å². The van der Waals surface area contributed by atoms with E-state index < -0.39 is 0 Å². The lowest BCUT2D eigenvalue weighted by molar-refractivity contribution is -0.136. The molecule has 1 unspecified atom stereocenters. The van der Waals surface area contributed by atoms with Crippen molar-refractivity contribution in [1.82, 2.24) is 14.7 Å². The topological polar surface area (TPSA) is 36.0 Å². The molecule has 1 spiro atoms. The van der Waals surface area contributed by atoms with E-state index in [4.69, 9.17) is 4.74 Å². The number of morpholine rings is 1. The summed E-state index contributed by atoms with van der Waals surface area (Å²) in [5.74, 6) is 0.459. The molecule has 3 fully saturated rings.